The van der Waals surface area contributed by atoms with Crippen LogP contribution in [0.4, 0.5) is 6.01 Å². The minimum Gasteiger partial charge on any atom is -0.415 e. The summed E-state index contributed by atoms with van der Waals surface area (Å²) in [5, 5.41) is 10.5. The van der Waals surface area contributed by atoms with E-state index >= 15 is 0 Å². The lowest BCUT2D eigenvalue weighted by Gasteiger charge is -1.90. The minimum atomic E-state index is -0.0775. The molecule has 1 heterocycles. The fraction of sp³-hybridized carbons (Fsp3) is 0. The van der Waals surface area contributed by atoms with Gasteiger partial charge >= 0.3 is 6.01 Å². The first-order valence-electron chi connectivity index (χ1n) is 3.84. The average Bonchev–Trinajstić information content (AvgIpc) is 2.68. The molecule has 1 aromatic carbocycles. The maximum Gasteiger partial charge on any atom is 0.304 e. The van der Waals surface area contributed by atoms with E-state index in [1.54, 1.807) is 0 Å². The first-order valence-corrected chi connectivity index (χ1v) is 3.84. The van der Waals surface area contributed by atoms with Crippen molar-refractivity contribution in [2.75, 3.05) is 0 Å². The van der Waals surface area contributed by atoms with Crippen LogP contribution in [0.25, 0.3) is 21.9 Å². The Balaban J connectivity index is 2.39. The molecule has 0 saturated carbocycles. The molecule has 2 aromatic rings. The summed E-state index contributed by atoms with van der Waals surface area (Å²) >= 11 is 0. The van der Waals surface area contributed by atoms with E-state index in [1.165, 1.54) is 0 Å². The molecule has 0 fully saturated rings. The highest BCUT2D eigenvalue weighted by Crippen LogP contribution is 2.20. The van der Waals surface area contributed by atoms with E-state index in [1.807, 2.05) is 30.3 Å². The summed E-state index contributed by atoms with van der Waals surface area (Å²) in [4.78, 5) is 2.54. The van der Waals surface area contributed by atoms with Gasteiger partial charge in [0.1, 0.15) is 0 Å². The maximum absolute atomic E-state index is 8.13. The summed E-state index contributed by atoms with van der Waals surface area (Å²) in [5.41, 5.74) is 8.92. The van der Waals surface area contributed by atoms with Crippen molar-refractivity contribution in [2.24, 2.45) is 5.11 Å². The Bertz CT molecular complexity index is 471. The SMILES string of the molecule is [N-]=[N+]=Nc1nnc(-c2ccccc2)o1. The highest BCUT2D eigenvalue weighted by atomic mass is 16.4. The normalized spacial score (nSPS) is 9.43. The van der Waals surface area contributed by atoms with Crippen LogP contribution in [0.5, 0.6) is 0 Å². The number of benzene rings is 1. The van der Waals surface area contributed by atoms with Crippen molar-refractivity contribution in [3.05, 3.63) is 40.8 Å². The van der Waals surface area contributed by atoms with Crippen LogP contribution in [0.15, 0.2) is 39.9 Å². The van der Waals surface area contributed by atoms with E-state index in [4.69, 9.17) is 9.95 Å². The standard InChI is InChI=1S/C8H5N5O/c9-13-12-8-11-10-7(14-8)6-4-2-1-3-5-6/h1-5H. The molecule has 0 spiro atoms. The van der Waals surface area contributed by atoms with Gasteiger partial charge < -0.3 is 4.42 Å². The molecule has 0 aliphatic heterocycles. The second-order valence-corrected chi connectivity index (χ2v) is 2.45. The van der Waals surface area contributed by atoms with Gasteiger partial charge in [-0.1, -0.05) is 18.2 Å². The molecule has 0 unspecified atom stereocenters. The number of nitrogens with zero attached hydrogens (tertiary/aromatic N) is 5. The minimum absolute atomic E-state index is 0.0775. The van der Waals surface area contributed by atoms with Crippen LogP contribution in [0, 0.1) is 0 Å². The Hall–Kier alpha value is -2.33. The molecule has 0 saturated heterocycles. The number of aromatic nitrogens is 2. The van der Waals surface area contributed by atoms with Gasteiger partial charge in [-0.15, -0.1) is 10.2 Å². The Labute approximate surface area is 78.8 Å². The van der Waals surface area contributed by atoms with Crippen molar-refractivity contribution in [2.45, 2.75) is 0 Å². The van der Waals surface area contributed by atoms with Crippen LogP contribution >= 0.6 is 0 Å². The number of hydrogen-bond acceptors (Lipinski definition) is 4. The van der Waals surface area contributed by atoms with Gasteiger partial charge in [-0.05, 0) is 17.7 Å². The Morgan fingerprint density at radius 1 is 1.21 bits per heavy atom. The molecule has 0 aliphatic carbocycles. The topological polar surface area (TPSA) is 87.7 Å². The predicted molar refractivity (Wildman–Crippen MR) is 48.5 cm³/mol. The first kappa shape index (κ1) is 8.28. The lowest BCUT2D eigenvalue weighted by atomic mass is 10.2. The molecule has 1 aromatic heterocycles. The Kier molecular flexibility index (Phi) is 2.12. The largest absolute Gasteiger partial charge is 0.415 e. The maximum atomic E-state index is 8.13. The molecule has 2 rings (SSSR count). The molecular weight excluding hydrogens is 182 g/mol. The number of hydrogen-bond donors (Lipinski definition) is 0. The van der Waals surface area contributed by atoms with Gasteiger partial charge in [0.2, 0.25) is 5.89 Å². The Morgan fingerprint density at radius 2 is 2.00 bits per heavy atom. The molecule has 6 heteroatoms. The summed E-state index contributed by atoms with van der Waals surface area (Å²) in [6.45, 7) is 0. The second-order valence-electron chi connectivity index (χ2n) is 2.45. The van der Waals surface area contributed by atoms with Crippen molar-refractivity contribution in [3.63, 3.8) is 0 Å². The van der Waals surface area contributed by atoms with Crippen LogP contribution in [0.1, 0.15) is 0 Å². The third kappa shape index (κ3) is 1.55. The Morgan fingerprint density at radius 3 is 2.71 bits per heavy atom. The monoisotopic (exact) mass is 187 g/mol. The van der Waals surface area contributed by atoms with E-state index in [2.05, 4.69) is 20.2 Å². The molecular formula is C8H5N5O. The lowest BCUT2D eigenvalue weighted by Crippen LogP contribution is -1.75. The molecule has 0 bridgehead atoms. The van der Waals surface area contributed by atoms with E-state index < -0.39 is 0 Å². The molecule has 6 nitrogen and oxygen atoms in total. The van der Waals surface area contributed by atoms with Gasteiger partial charge in [-0.2, -0.15) is 0 Å². The molecule has 0 N–H and O–H groups in total. The molecule has 14 heavy (non-hydrogen) atoms. The highest BCUT2D eigenvalue weighted by Gasteiger charge is 2.05. The summed E-state index contributed by atoms with van der Waals surface area (Å²) in [5.74, 6) is 0.341. The second kappa shape index (κ2) is 3.59. The molecule has 0 amide bonds. The van der Waals surface area contributed by atoms with E-state index in [0.29, 0.717) is 5.89 Å². The van der Waals surface area contributed by atoms with Gasteiger partial charge in [-0.25, -0.2) is 0 Å². The predicted octanol–water partition coefficient (Wildman–Crippen LogP) is 2.68. The summed E-state index contributed by atoms with van der Waals surface area (Å²) < 4.78 is 5.07. The fourth-order valence-corrected chi connectivity index (χ4v) is 0.992. The van der Waals surface area contributed by atoms with Crippen molar-refractivity contribution in [1.29, 1.82) is 0 Å². The molecule has 68 valence electrons. The van der Waals surface area contributed by atoms with Crippen LogP contribution in [0.3, 0.4) is 0 Å². The van der Waals surface area contributed by atoms with Crippen LogP contribution < -0.4 is 0 Å². The van der Waals surface area contributed by atoms with Gasteiger partial charge in [-0.3, -0.25) is 0 Å². The lowest BCUT2D eigenvalue weighted by molar-refractivity contribution is 0.578. The molecule has 0 atom stereocenters. The zero-order valence-corrected chi connectivity index (χ0v) is 7.03. The number of rotatable bonds is 2. The van der Waals surface area contributed by atoms with Crippen molar-refractivity contribution in [1.82, 2.24) is 10.2 Å². The zero-order valence-electron chi connectivity index (χ0n) is 7.03. The third-order valence-corrected chi connectivity index (χ3v) is 1.57. The van der Waals surface area contributed by atoms with Gasteiger partial charge in [0.15, 0.2) is 0 Å². The van der Waals surface area contributed by atoms with Crippen LogP contribution in [-0.2, 0) is 0 Å². The van der Waals surface area contributed by atoms with Gasteiger partial charge in [0.25, 0.3) is 0 Å². The average molecular weight is 187 g/mol. The quantitative estimate of drug-likeness (QED) is 0.411. The first-order chi connectivity index (χ1) is 6.90. The number of azide groups is 1. The van der Waals surface area contributed by atoms with E-state index in [9.17, 15) is 0 Å². The van der Waals surface area contributed by atoms with Gasteiger partial charge in [0, 0.05) is 15.6 Å². The van der Waals surface area contributed by atoms with Crippen LogP contribution in [-0.4, -0.2) is 10.2 Å². The third-order valence-electron chi connectivity index (χ3n) is 1.57. The van der Waals surface area contributed by atoms with Crippen molar-refractivity contribution < 1.29 is 4.42 Å². The summed E-state index contributed by atoms with van der Waals surface area (Å²) in [7, 11) is 0. The summed E-state index contributed by atoms with van der Waals surface area (Å²) in [6.07, 6.45) is 0. The van der Waals surface area contributed by atoms with E-state index in [0.717, 1.165) is 5.56 Å². The smallest absolute Gasteiger partial charge is 0.304 e. The van der Waals surface area contributed by atoms with Crippen molar-refractivity contribution >= 4 is 6.01 Å². The zero-order chi connectivity index (χ0) is 9.80. The summed E-state index contributed by atoms with van der Waals surface area (Å²) in [6, 6.07) is 9.17. The van der Waals surface area contributed by atoms with E-state index in [-0.39, 0.29) is 6.01 Å². The molecule has 0 radical (unpaired) electrons. The highest BCUT2D eigenvalue weighted by molar-refractivity contribution is 5.52. The fourth-order valence-electron chi connectivity index (χ4n) is 0.992. The van der Waals surface area contributed by atoms with Crippen LogP contribution in [0.2, 0.25) is 0 Å². The van der Waals surface area contributed by atoms with Gasteiger partial charge in [0.05, 0.1) is 0 Å². The molecule has 0 aliphatic rings. The van der Waals surface area contributed by atoms with Crippen molar-refractivity contribution in [3.8, 4) is 11.5 Å².